The Bertz CT molecular complexity index is 907. The Kier molecular flexibility index (Phi) is 8.41. The second kappa shape index (κ2) is 11.5. The third kappa shape index (κ3) is 6.52. The predicted octanol–water partition coefficient (Wildman–Crippen LogP) is 4.62. The number of carbonyl (C=O) groups excluding carboxylic acids is 2. The lowest BCUT2D eigenvalue weighted by Gasteiger charge is -2.22. The highest BCUT2D eigenvalue weighted by atomic mass is 32.1. The Hall–Kier alpha value is -2.93. The molecule has 1 saturated heterocycles. The van der Waals surface area contributed by atoms with E-state index in [0.29, 0.717) is 23.4 Å². The van der Waals surface area contributed by atoms with E-state index in [4.69, 9.17) is 17.0 Å². The molecule has 0 aliphatic carbocycles. The molecule has 0 radical (unpaired) electrons. The molecule has 0 aromatic heterocycles. The van der Waals surface area contributed by atoms with Gasteiger partial charge >= 0.3 is 0 Å². The molecule has 1 aliphatic heterocycles. The van der Waals surface area contributed by atoms with E-state index in [2.05, 4.69) is 10.6 Å². The van der Waals surface area contributed by atoms with Gasteiger partial charge in [0.15, 0.2) is 5.11 Å². The van der Waals surface area contributed by atoms with Gasteiger partial charge in [-0.2, -0.15) is 0 Å². The van der Waals surface area contributed by atoms with Crippen molar-refractivity contribution < 1.29 is 14.3 Å². The van der Waals surface area contributed by atoms with Gasteiger partial charge in [-0.05, 0) is 67.9 Å². The molecule has 0 saturated carbocycles. The van der Waals surface area contributed by atoms with Crippen LogP contribution in [0, 0.1) is 0 Å². The smallest absolute Gasteiger partial charge is 0.257 e. The normalized spacial score (nSPS) is 13.8. The lowest BCUT2D eigenvalue weighted by atomic mass is 10.1. The first kappa shape index (κ1) is 22.7. The molecule has 7 heteroatoms. The van der Waals surface area contributed by atoms with E-state index in [1.165, 1.54) is 0 Å². The maximum atomic E-state index is 13.0. The molecule has 0 unspecified atom stereocenters. The summed E-state index contributed by atoms with van der Waals surface area (Å²) < 4.78 is 5.54. The van der Waals surface area contributed by atoms with Crippen molar-refractivity contribution in [1.29, 1.82) is 0 Å². The molecule has 3 rings (SSSR count). The molecule has 164 valence electrons. The molecule has 2 aromatic rings. The van der Waals surface area contributed by atoms with E-state index in [1.807, 2.05) is 24.0 Å². The number of nitrogens with zero attached hydrogens (tertiary/aromatic N) is 1. The number of hydrogen-bond acceptors (Lipinski definition) is 4. The van der Waals surface area contributed by atoms with Crippen LogP contribution in [0.2, 0.25) is 0 Å². The molecule has 1 aliphatic rings. The summed E-state index contributed by atoms with van der Waals surface area (Å²) in [4.78, 5) is 27.5. The van der Waals surface area contributed by atoms with Crippen LogP contribution in [0.4, 0.5) is 5.69 Å². The SMILES string of the molecule is CCCOc1ccc(C(=O)NC(=S)Nc2ccccc2C(=O)N2CCCCCC2)cc1. The Morgan fingerprint density at radius 2 is 1.68 bits per heavy atom. The highest BCUT2D eigenvalue weighted by Crippen LogP contribution is 2.20. The van der Waals surface area contributed by atoms with Crippen molar-refractivity contribution in [2.24, 2.45) is 0 Å². The molecule has 1 fully saturated rings. The number of ether oxygens (including phenoxy) is 1. The number of carbonyl (C=O) groups is 2. The average molecular weight is 440 g/mol. The van der Waals surface area contributed by atoms with Crippen molar-refractivity contribution in [3.63, 3.8) is 0 Å². The molecule has 6 nitrogen and oxygen atoms in total. The predicted molar refractivity (Wildman–Crippen MR) is 127 cm³/mol. The van der Waals surface area contributed by atoms with Gasteiger partial charge in [-0.15, -0.1) is 0 Å². The maximum Gasteiger partial charge on any atom is 0.257 e. The van der Waals surface area contributed by atoms with E-state index in [0.717, 1.165) is 50.9 Å². The Morgan fingerprint density at radius 3 is 2.35 bits per heavy atom. The van der Waals surface area contributed by atoms with Crippen LogP contribution in [0.15, 0.2) is 48.5 Å². The number of hydrogen-bond donors (Lipinski definition) is 2. The summed E-state index contributed by atoms with van der Waals surface area (Å²) >= 11 is 5.33. The summed E-state index contributed by atoms with van der Waals surface area (Å²) in [5.74, 6) is 0.387. The second-order valence-electron chi connectivity index (χ2n) is 7.53. The number of nitrogens with one attached hydrogen (secondary N) is 2. The number of amides is 2. The fourth-order valence-electron chi connectivity index (χ4n) is 3.47. The van der Waals surface area contributed by atoms with Crippen LogP contribution < -0.4 is 15.4 Å². The summed E-state index contributed by atoms with van der Waals surface area (Å²) in [6, 6.07) is 14.2. The Labute approximate surface area is 189 Å². The van der Waals surface area contributed by atoms with Crippen LogP contribution in [-0.2, 0) is 0 Å². The number of benzene rings is 2. The summed E-state index contributed by atoms with van der Waals surface area (Å²) in [6.07, 6.45) is 5.29. The van der Waals surface area contributed by atoms with Gasteiger partial charge in [-0.3, -0.25) is 14.9 Å². The van der Waals surface area contributed by atoms with Crippen LogP contribution in [0.25, 0.3) is 0 Å². The average Bonchev–Trinajstić information content (AvgIpc) is 3.07. The van der Waals surface area contributed by atoms with Crippen molar-refractivity contribution >= 4 is 34.8 Å². The molecular formula is C24H29N3O3S. The van der Waals surface area contributed by atoms with Crippen LogP contribution in [-0.4, -0.2) is 41.5 Å². The first-order valence-electron chi connectivity index (χ1n) is 10.8. The van der Waals surface area contributed by atoms with Crippen LogP contribution in [0.3, 0.4) is 0 Å². The van der Waals surface area contributed by atoms with Crippen molar-refractivity contribution in [2.45, 2.75) is 39.0 Å². The minimum absolute atomic E-state index is 0.0122. The van der Waals surface area contributed by atoms with E-state index < -0.39 is 0 Å². The van der Waals surface area contributed by atoms with Crippen LogP contribution in [0.5, 0.6) is 5.75 Å². The zero-order valence-corrected chi connectivity index (χ0v) is 18.7. The Balaban J connectivity index is 1.62. The van der Waals surface area contributed by atoms with Gasteiger partial charge in [0.05, 0.1) is 17.9 Å². The summed E-state index contributed by atoms with van der Waals surface area (Å²) in [7, 11) is 0. The zero-order chi connectivity index (χ0) is 22.1. The lowest BCUT2D eigenvalue weighted by molar-refractivity contribution is 0.0762. The summed E-state index contributed by atoms with van der Waals surface area (Å²) in [5.41, 5.74) is 1.62. The molecule has 0 spiro atoms. The molecule has 2 amide bonds. The molecular weight excluding hydrogens is 410 g/mol. The van der Waals surface area contributed by atoms with E-state index in [1.54, 1.807) is 36.4 Å². The minimum Gasteiger partial charge on any atom is -0.494 e. The second-order valence-corrected chi connectivity index (χ2v) is 7.94. The van der Waals surface area contributed by atoms with Gasteiger partial charge < -0.3 is 15.0 Å². The lowest BCUT2D eigenvalue weighted by Crippen LogP contribution is -2.36. The zero-order valence-electron chi connectivity index (χ0n) is 17.9. The molecule has 2 N–H and O–H groups in total. The van der Waals surface area contributed by atoms with E-state index in [-0.39, 0.29) is 16.9 Å². The van der Waals surface area contributed by atoms with Gasteiger partial charge in [0.25, 0.3) is 11.8 Å². The molecule has 2 aromatic carbocycles. The van der Waals surface area contributed by atoms with Crippen molar-refractivity contribution in [1.82, 2.24) is 10.2 Å². The van der Waals surface area contributed by atoms with Crippen LogP contribution >= 0.6 is 12.2 Å². The third-order valence-corrected chi connectivity index (χ3v) is 5.32. The summed E-state index contributed by atoms with van der Waals surface area (Å²) in [5, 5.41) is 5.84. The monoisotopic (exact) mass is 439 g/mol. The first-order valence-corrected chi connectivity index (χ1v) is 11.2. The van der Waals surface area contributed by atoms with Crippen molar-refractivity contribution in [3.8, 4) is 5.75 Å². The van der Waals surface area contributed by atoms with Gasteiger partial charge in [-0.1, -0.05) is 31.9 Å². The number of anilines is 1. The fourth-order valence-corrected chi connectivity index (χ4v) is 3.68. The van der Waals surface area contributed by atoms with E-state index >= 15 is 0 Å². The number of rotatable bonds is 6. The quantitative estimate of drug-likeness (QED) is 0.643. The largest absolute Gasteiger partial charge is 0.494 e. The highest BCUT2D eigenvalue weighted by molar-refractivity contribution is 7.80. The Morgan fingerprint density at radius 1 is 1.00 bits per heavy atom. The maximum absolute atomic E-state index is 13.0. The van der Waals surface area contributed by atoms with Gasteiger partial charge in [0.2, 0.25) is 0 Å². The standard InChI is InChI=1S/C24H29N3O3S/c1-2-17-30-19-13-11-18(12-14-19)22(28)26-24(31)25-21-10-6-5-9-20(21)23(29)27-15-7-3-4-8-16-27/h5-6,9-14H,2-4,7-8,15-17H2,1H3,(H2,25,26,28,31). The number of likely N-dealkylation sites (tertiary alicyclic amines) is 1. The van der Waals surface area contributed by atoms with E-state index in [9.17, 15) is 9.59 Å². The fraction of sp³-hybridized carbons (Fsp3) is 0.375. The molecule has 1 heterocycles. The topological polar surface area (TPSA) is 70.7 Å². The number of thiocarbonyl (C=S) groups is 1. The van der Waals surface area contributed by atoms with Gasteiger partial charge in [0.1, 0.15) is 5.75 Å². The molecule has 0 atom stereocenters. The van der Waals surface area contributed by atoms with Crippen molar-refractivity contribution in [2.75, 3.05) is 25.0 Å². The number of para-hydroxylation sites is 1. The van der Waals surface area contributed by atoms with Gasteiger partial charge in [0, 0.05) is 18.7 Å². The third-order valence-electron chi connectivity index (χ3n) is 5.12. The molecule has 31 heavy (non-hydrogen) atoms. The van der Waals surface area contributed by atoms with Crippen LogP contribution in [0.1, 0.15) is 59.7 Å². The molecule has 0 bridgehead atoms. The minimum atomic E-state index is -0.323. The first-order chi connectivity index (χ1) is 15.1. The highest BCUT2D eigenvalue weighted by Gasteiger charge is 2.20. The van der Waals surface area contributed by atoms with Gasteiger partial charge in [-0.25, -0.2) is 0 Å². The van der Waals surface area contributed by atoms with Crippen molar-refractivity contribution in [3.05, 3.63) is 59.7 Å². The summed E-state index contributed by atoms with van der Waals surface area (Å²) in [6.45, 7) is 4.21.